The van der Waals surface area contributed by atoms with Crippen molar-refractivity contribution in [2.24, 2.45) is 16.8 Å². The second-order valence-corrected chi connectivity index (χ2v) is 7.84. The van der Waals surface area contributed by atoms with Crippen molar-refractivity contribution in [3.8, 4) is 0 Å². The third-order valence-corrected chi connectivity index (χ3v) is 5.83. The molecule has 2 heterocycles. The molecule has 1 N–H and O–H groups in total. The van der Waals surface area contributed by atoms with E-state index in [1.165, 1.54) is 12.8 Å². The Bertz CT molecular complexity index is 462. The van der Waals surface area contributed by atoms with Crippen LogP contribution >= 0.6 is 0 Å². The van der Waals surface area contributed by atoms with Gasteiger partial charge in [-0.1, -0.05) is 0 Å². The first-order chi connectivity index (χ1) is 12.2. The largest absolute Gasteiger partial charge is 0.378 e. The Kier molecular flexibility index (Phi) is 6.57. The zero-order chi connectivity index (χ0) is 17.6. The van der Waals surface area contributed by atoms with E-state index < -0.39 is 0 Å². The molecule has 0 spiro atoms. The van der Waals surface area contributed by atoms with Crippen molar-refractivity contribution < 1.29 is 9.53 Å². The number of rotatable bonds is 5. The molecule has 1 amide bonds. The van der Waals surface area contributed by atoms with Gasteiger partial charge in [0.2, 0.25) is 5.91 Å². The standard InChI is InChI=1S/C19H34N4O2/c1-15(24)22-9-5-16(6-10-22)13-21-19(20-2)23-11-7-18(8-12-23)25-14-17-3-4-17/h16-18H,3-14H2,1-2H3,(H,20,21). The summed E-state index contributed by atoms with van der Waals surface area (Å²) in [4.78, 5) is 20.2. The molecule has 2 saturated heterocycles. The van der Waals surface area contributed by atoms with Gasteiger partial charge in [0.15, 0.2) is 5.96 Å². The van der Waals surface area contributed by atoms with Crippen molar-refractivity contribution in [3.05, 3.63) is 0 Å². The minimum atomic E-state index is 0.203. The third-order valence-electron chi connectivity index (χ3n) is 5.83. The van der Waals surface area contributed by atoms with E-state index in [0.29, 0.717) is 12.0 Å². The van der Waals surface area contributed by atoms with Crippen molar-refractivity contribution in [1.82, 2.24) is 15.1 Å². The molecule has 6 nitrogen and oxygen atoms in total. The second kappa shape index (κ2) is 8.88. The van der Waals surface area contributed by atoms with Gasteiger partial charge in [0.05, 0.1) is 6.10 Å². The maximum atomic E-state index is 11.4. The SMILES string of the molecule is CN=C(NCC1CCN(C(C)=O)CC1)N1CCC(OCC2CC2)CC1. The highest BCUT2D eigenvalue weighted by molar-refractivity contribution is 5.80. The predicted molar refractivity (Wildman–Crippen MR) is 99.6 cm³/mol. The number of hydrogen-bond donors (Lipinski definition) is 1. The van der Waals surface area contributed by atoms with Gasteiger partial charge in [-0.05, 0) is 50.4 Å². The van der Waals surface area contributed by atoms with Crippen molar-refractivity contribution in [3.63, 3.8) is 0 Å². The maximum Gasteiger partial charge on any atom is 0.219 e. The number of likely N-dealkylation sites (tertiary alicyclic amines) is 2. The molecule has 0 aromatic heterocycles. The second-order valence-electron chi connectivity index (χ2n) is 7.84. The molecular formula is C19H34N4O2. The summed E-state index contributed by atoms with van der Waals surface area (Å²) in [5, 5.41) is 3.56. The fraction of sp³-hybridized carbons (Fsp3) is 0.895. The van der Waals surface area contributed by atoms with Crippen LogP contribution < -0.4 is 5.32 Å². The van der Waals surface area contributed by atoms with Gasteiger partial charge in [0.1, 0.15) is 0 Å². The van der Waals surface area contributed by atoms with Crippen LogP contribution in [0.25, 0.3) is 0 Å². The first-order valence-corrected chi connectivity index (χ1v) is 9.98. The normalized spacial score (nSPS) is 23.8. The number of aliphatic imine (C=N–C) groups is 1. The van der Waals surface area contributed by atoms with Crippen LogP contribution in [0.15, 0.2) is 4.99 Å². The fourth-order valence-electron chi connectivity index (χ4n) is 3.81. The topological polar surface area (TPSA) is 57.2 Å². The monoisotopic (exact) mass is 350 g/mol. The Labute approximate surface area is 152 Å². The van der Waals surface area contributed by atoms with E-state index in [0.717, 1.165) is 76.9 Å². The molecule has 142 valence electrons. The summed E-state index contributed by atoms with van der Waals surface area (Å²) in [6, 6.07) is 0. The number of hydrogen-bond acceptors (Lipinski definition) is 3. The number of ether oxygens (including phenoxy) is 1. The van der Waals surface area contributed by atoms with Crippen LogP contribution in [0.5, 0.6) is 0 Å². The molecule has 0 unspecified atom stereocenters. The lowest BCUT2D eigenvalue weighted by molar-refractivity contribution is -0.130. The molecule has 3 rings (SSSR count). The number of amides is 1. The summed E-state index contributed by atoms with van der Waals surface area (Å²) in [7, 11) is 1.87. The highest BCUT2D eigenvalue weighted by atomic mass is 16.5. The van der Waals surface area contributed by atoms with Gasteiger partial charge in [-0.25, -0.2) is 0 Å². The van der Waals surface area contributed by atoms with Gasteiger partial charge in [0.25, 0.3) is 0 Å². The zero-order valence-electron chi connectivity index (χ0n) is 15.9. The maximum absolute atomic E-state index is 11.4. The lowest BCUT2D eigenvalue weighted by Gasteiger charge is -2.36. The predicted octanol–water partition coefficient (Wildman–Crippen LogP) is 1.71. The molecule has 0 radical (unpaired) electrons. The highest BCUT2D eigenvalue weighted by Crippen LogP contribution is 2.30. The number of carbonyl (C=O) groups is 1. The van der Waals surface area contributed by atoms with Crippen LogP contribution in [0.2, 0.25) is 0 Å². The average Bonchev–Trinajstić information content (AvgIpc) is 3.46. The Balaban J connectivity index is 1.34. The molecule has 0 atom stereocenters. The quantitative estimate of drug-likeness (QED) is 0.606. The number of nitrogens with zero attached hydrogens (tertiary/aromatic N) is 3. The van der Waals surface area contributed by atoms with E-state index >= 15 is 0 Å². The van der Waals surface area contributed by atoms with Gasteiger partial charge < -0.3 is 19.9 Å². The van der Waals surface area contributed by atoms with Crippen LogP contribution in [0.1, 0.15) is 45.4 Å². The molecular weight excluding hydrogens is 316 g/mol. The summed E-state index contributed by atoms with van der Waals surface area (Å²) >= 11 is 0. The molecule has 1 saturated carbocycles. The van der Waals surface area contributed by atoms with Gasteiger partial charge in [-0.2, -0.15) is 0 Å². The molecule has 0 aromatic rings. The van der Waals surface area contributed by atoms with Crippen molar-refractivity contribution in [1.29, 1.82) is 0 Å². The fourth-order valence-corrected chi connectivity index (χ4v) is 3.81. The van der Waals surface area contributed by atoms with E-state index in [1.807, 2.05) is 11.9 Å². The lowest BCUT2D eigenvalue weighted by Crippen LogP contribution is -2.49. The van der Waals surface area contributed by atoms with Crippen molar-refractivity contribution in [2.45, 2.75) is 51.6 Å². The number of guanidine groups is 1. The van der Waals surface area contributed by atoms with Crippen molar-refractivity contribution in [2.75, 3.05) is 46.4 Å². The molecule has 6 heteroatoms. The van der Waals surface area contributed by atoms with E-state index in [-0.39, 0.29) is 5.91 Å². The van der Waals surface area contributed by atoms with Crippen LogP contribution in [0, 0.1) is 11.8 Å². The molecule has 2 aliphatic heterocycles. The zero-order valence-corrected chi connectivity index (χ0v) is 15.9. The lowest BCUT2D eigenvalue weighted by atomic mass is 9.97. The molecule has 1 aliphatic carbocycles. The summed E-state index contributed by atoms with van der Waals surface area (Å²) < 4.78 is 6.03. The summed E-state index contributed by atoms with van der Waals surface area (Å²) in [5.74, 6) is 2.71. The molecule has 0 bridgehead atoms. The van der Waals surface area contributed by atoms with Crippen molar-refractivity contribution >= 4 is 11.9 Å². The number of piperidine rings is 2. The molecule has 0 aromatic carbocycles. The summed E-state index contributed by atoms with van der Waals surface area (Å²) in [5.41, 5.74) is 0. The molecule has 3 aliphatic rings. The van der Waals surface area contributed by atoms with Gasteiger partial charge >= 0.3 is 0 Å². The Morgan fingerprint density at radius 3 is 2.20 bits per heavy atom. The Morgan fingerprint density at radius 1 is 1.00 bits per heavy atom. The average molecular weight is 351 g/mol. The number of nitrogens with one attached hydrogen (secondary N) is 1. The Hall–Kier alpha value is -1.30. The van der Waals surface area contributed by atoms with E-state index in [1.54, 1.807) is 6.92 Å². The molecule has 3 fully saturated rings. The summed E-state index contributed by atoms with van der Waals surface area (Å²) in [6.07, 6.45) is 7.53. The third kappa shape index (κ3) is 5.59. The molecule has 25 heavy (non-hydrogen) atoms. The van der Waals surface area contributed by atoms with Gasteiger partial charge in [0, 0.05) is 53.3 Å². The van der Waals surface area contributed by atoms with Crippen LogP contribution in [-0.2, 0) is 9.53 Å². The van der Waals surface area contributed by atoms with E-state index in [2.05, 4.69) is 15.2 Å². The van der Waals surface area contributed by atoms with E-state index in [4.69, 9.17) is 4.74 Å². The first kappa shape index (κ1) is 18.5. The van der Waals surface area contributed by atoms with Crippen LogP contribution in [0.3, 0.4) is 0 Å². The van der Waals surface area contributed by atoms with Gasteiger partial charge in [-0.15, -0.1) is 0 Å². The first-order valence-electron chi connectivity index (χ1n) is 9.98. The number of carbonyl (C=O) groups excluding carboxylic acids is 1. The minimum Gasteiger partial charge on any atom is -0.378 e. The van der Waals surface area contributed by atoms with Crippen LogP contribution in [-0.4, -0.2) is 74.1 Å². The van der Waals surface area contributed by atoms with E-state index in [9.17, 15) is 4.79 Å². The van der Waals surface area contributed by atoms with Crippen LogP contribution in [0.4, 0.5) is 0 Å². The summed E-state index contributed by atoms with van der Waals surface area (Å²) in [6.45, 7) is 7.43. The highest BCUT2D eigenvalue weighted by Gasteiger charge is 2.27. The van der Waals surface area contributed by atoms with Gasteiger partial charge in [-0.3, -0.25) is 9.79 Å². The Morgan fingerprint density at radius 2 is 1.64 bits per heavy atom. The minimum absolute atomic E-state index is 0.203. The smallest absolute Gasteiger partial charge is 0.219 e.